The van der Waals surface area contributed by atoms with Gasteiger partial charge in [0.15, 0.2) is 0 Å². The fourth-order valence-electron chi connectivity index (χ4n) is 1.28. The first kappa shape index (κ1) is 15.2. The van der Waals surface area contributed by atoms with E-state index < -0.39 is 5.60 Å². The number of hydrogen-bond acceptors (Lipinski definition) is 3. The average molecular weight is 261 g/mol. The Morgan fingerprint density at radius 3 is 2.74 bits per heavy atom. The quantitative estimate of drug-likeness (QED) is 0.812. The zero-order valence-corrected chi connectivity index (χ0v) is 11.5. The number of benzene rings is 1. The summed E-state index contributed by atoms with van der Waals surface area (Å²) in [5, 5.41) is 11.5. The lowest BCUT2D eigenvalue weighted by Gasteiger charge is -2.22. The molecule has 0 aliphatic rings. The molecule has 0 radical (unpaired) electrons. The number of amides is 1. The molecule has 0 heterocycles. The van der Waals surface area contributed by atoms with Gasteiger partial charge in [0.2, 0.25) is 0 Å². The van der Waals surface area contributed by atoms with E-state index in [1.165, 1.54) is 7.11 Å². The van der Waals surface area contributed by atoms with E-state index in [9.17, 15) is 4.79 Å². The number of rotatable bonds is 4. The van der Waals surface area contributed by atoms with Crippen molar-refractivity contribution in [3.05, 3.63) is 29.8 Å². The summed E-state index contributed by atoms with van der Waals surface area (Å²) < 4.78 is 5.13. The summed E-state index contributed by atoms with van der Waals surface area (Å²) in [5.41, 5.74) is 0.463. The summed E-state index contributed by atoms with van der Waals surface area (Å²) in [5.74, 6) is 5.53. The molecule has 0 atom stereocenters. The number of carbonyl (C=O) groups excluding carboxylic acids is 1. The van der Waals surface area contributed by atoms with Gasteiger partial charge < -0.3 is 15.2 Å². The Balaban J connectivity index is 2.91. The van der Waals surface area contributed by atoms with Crippen LogP contribution in [-0.4, -0.2) is 30.3 Å². The van der Waals surface area contributed by atoms with Crippen LogP contribution in [0.2, 0.25) is 0 Å². The second kappa shape index (κ2) is 6.93. The Morgan fingerprint density at radius 1 is 1.42 bits per heavy atom. The maximum Gasteiger partial charge on any atom is 0.256 e. The summed E-state index contributed by atoms with van der Waals surface area (Å²) >= 11 is 0. The second-order valence-corrected chi connectivity index (χ2v) is 4.49. The molecule has 0 bridgehead atoms. The Bertz CT molecular complexity index is 498. The number of carbonyl (C=O) groups is 1. The first-order valence-electron chi connectivity index (χ1n) is 6.06. The third-order valence-electron chi connectivity index (χ3n) is 2.69. The molecule has 0 aliphatic heterocycles. The largest absolute Gasteiger partial charge is 0.395 e. The van der Waals surface area contributed by atoms with Crippen LogP contribution < -0.4 is 5.32 Å². The molecule has 0 unspecified atom stereocenters. The van der Waals surface area contributed by atoms with Crippen LogP contribution >= 0.6 is 0 Å². The summed E-state index contributed by atoms with van der Waals surface area (Å²) in [4.78, 5) is 12.0. The van der Waals surface area contributed by atoms with E-state index >= 15 is 0 Å². The number of aliphatic hydroxyl groups excluding tert-OH is 1. The molecule has 102 valence electrons. The van der Waals surface area contributed by atoms with Crippen LogP contribution in [0.4, 0.5) is 5.69 Å². The van der Waals surface area contributed by atoms with Crippen LogP contribution in [0.15, 0.2) is 24.3 Å². The van der Waals surface area contributed by atoms with Crippen LogP contribution in [-0.2, 0) is 9.53 Å². The monoisotopic (exact) mass is 261 g/mol. The molecule has 0 fully saturated rings. The van der Waals surface area contributed by atoms with Gasteiger partial charge in [-0.05, 0) is 26.0 Å². The predicted molar refractivity (Wildman–Crippen MR) is 74.7 cm³/mol. The minimum absolute atomic E-state index is 0.0260. The van der Waals surface area contributed by atoms with Crippen LogP contribution in [0.5, 0.6) is 0 Å². The zero-order valence-electron chi connectivity index (χ0n) is 11.5. The highest BCUT2D eigenvalue weighted by Crippen LogP contribution is 2.17. The Labute approximate surface area is 113 Å². The zero-order chi connectivity index (χ0) is 14.3. The maximum absolute atomic E-state index is 12.0. The molecular weight excluding hydrogens is 242 g/mol. The van der Waals surface area contributed by atoms with Gasteiger partial charge in [0, 0.05) is 19.1 Å². The smallest absolute Gasteiger partial charge is 0.256 e. The Hall–Kier alpha value is -1.83. The minimum atomic E-state index is -0.897. The van der Waals surface area contributed by atoms with Gasteiger partial charge in [-0.3, -0.25) is 4.79 Å². The lowest BCUT2D eigenvalue weighted by Crippen LogP contribution is -2.38. The van der Waals surface area contributed by atoms with Crippen molar-refractivity contribution in [3.8, 4) is 11.8 Å². The molecule has 1 aromatic carbocycles. The van der Waals surface area contributed by atoms with Crippen LogP contribution in [0.25, 0.3) is 0 Å². The van der Waals surface area contributed by atoms with Crippen molar-refractivity contribution >= 4 is 11.6 Å². The third-order valence-corrected chi connectivity index (χ3v) is 2.69. The number of anilines is 1. The van der Waals surface area contributed by atoms with Crippen molar-refractivity contribution in [2.75, 3.05) is 19.0 Å². The van der Waals surface area contributed by atoms with Gasteiger partial charge in [0.05, 0.1) is 12.3 Å². The van der Waals surface area contributed by atoms with Crippen molar-refractivity contribution in [2.45, 2.75) is 25.9 Å². The van der Waals surface area contributed by atoms with E-state index in [1.807, 2.05) is 18.2 Å². The highest BCUT2D eigenvalue weighted by molar-refractivity contribution is 5.97. The van der Waals surface area contributed by atoms with E-state index in [1.54, 1.807) is 19.9 Å². The lowest BCUT2D eigenvalue weighted by atomic mass is 10.1. The minimum Gasteiger partial charge on any atom is -0.395 e. The molecule has 0 aromatic heterocycles. The van der Waals surface area contributed by atoms with Gasteiger partial charge in [-0.2, -0.15) is 0 Å². The topological polar surface area (TPSA) is 58.6 Å². The van der Waals surface area contributed by atoms with Gasteiger partial charge in [-0.1, -0.05) is 24.0 Å². The van der Waals surface area contributed by atoms with E-state index in [4.69, 9.17) is 9.84 Å². The molecule has 1 aromatic rings. The number of ether oxygens (including phenoxy) is 1. The van der Waals surface area contributed by atoms with Crippen molar-refractivity contribution < 1.29 is 14.6 Å². The van der Waals surface area contributed by atoms with Gasteiger partial charge in [-0.15, -0.1) is 0 Å². The SMILES string of the molecule is COC(C)(C)C(=O)Nc1ccccc1C#CCCO. The Kier molecular flexibility index (Phi) is 5.56. The molecule has 0 saturated heterocycles. The number of para-hydroxylation sites is 1. The van der Waals surface area contributed by atoms with E-state index in [0.29, 0.717) is 12.1 Å². The summed E-state index contributed by atoms with van der Waals surface area (Å²) in [6, 6.07) is 7.28. The van der Waals surface area contributed by atoms with Crippen molar-refractivity contribution in [3.63, 3.8) is 0 Å². The molecule has 4 heteroatoms. The Morgan fingerprint density at radius 2 is 2.11 bits per heavy atom. The number of aliphatic hydroxyl groups is 1. The van der Waals surface area contributed by atoms with Crippen LogP contribution in [0.3, 0.4) is 0 Å². The second-order valence-electron chi connectivity index (χ2n) is 4.49. The standard InChI is InChI=1S/C15H19NO3/c1-15(2,19-3)14(18)16-13-10-5-4-8-12(13)9-6-7-11-17/h4-5,8,10,17H,7,11H2,1-3H3,(H,16,18). The average Bonchev–Trinajstić information content (AvgIpc) is 2.41. The van der Waals surface area contributed by atoms with Crippen molar-refractivity contribution in [1.82, 2.24) is 0 Å². The van der Waals surface area contributed by atoms with Crippen LogP contribution in [0.1, 0.15) is 25.8 Å². The van der Waals surface area contributed by atoms with Crippen molar-refractivity contribution in [2.24, 2.45) is 0 Å². The fraction of sp³-hybridized carbons (Fsp3) is 0.400. The first-order chi connectivity index (χ1) is 9.01. The van der Waals surface area contributed by atoms with Gasteiger partial charge in [0.25, 0.3) is 5.91 Å². The van der Waals surface area contributed by atoms with E-state index in [-0.39, 0.29) is 12.5 Å². The molecule has 1 amide bonds. The predicted octanol–water partition coefficient (Wildman–Crippen LogP) is 1.78. The molecule has 0 spiro atoms. The molecule has 0 aliphatic carbocycles. The normalized spacial score (nSPS) is 10.5. The summed E-state index contributed by atoms with van der Waals surface area (Å²) in [6.07, 6.45) is 0.409. The van der Waals surface area contributed by atoms with Crippen LogP contribution in [0, 0.1) is 11.8 Å². The first-order valence-corrected chi connectivity index (χ1v) is 6.06. The fourth-order valence-corrected chi connectivity index (χ4v) is 1.28. The van der Waals surface area contributed by atoms with Gasteiger partial charge >= 0.3 is 0 Å². The number of nitrogens with one attached hydrogen (secondary N) is 1. The van der Waals surface area contributed by atoms with E-state index in [0.717, 1.165) is 5.56 Å². The molecule has 19 heavy (non-hydrogen) atoms. The molecular formula is C15H19NO3. The number of hydrogen-bond donors (Lipinski definition) is 2. The molecule has 2 N–H and O–H groups in total. The highest BCUT2D eigenvalue weighted by atomic mass is 16.5. The highest BCUT2D eigenvalue weighted by Gasteiger charge is 2.27. The summed E-state index contributed by atoms with van der Waals surface area (Å²) in [7, 11) is 1.49. The van der Waals surface area contributed by atoms with Gasteiger partial charge in [-0.25, -0.2) is 0 Å². The third kappa shape index (κ3) is 4.40. The molecule has 4 nitrogen and oxygen atoms in total. The lowest BCUT2D eigenvalue weighted by molar-refractivity contribution is -0.133. The number of methoxy groups -OCH3 is 1. The van der Waals surface area contributed by atoms with Crippen molar-refractivity contribution in [1.29, 1.82) is 0 Å². The maximum atomic E-state index is 12.0. The van der Waals surface area contributed by atoms with Gasteiger partial charge in [0.1, 0.15) is 5.60 Å². The molecule has 1 rings (SSSR count). The molecule has 0 saturated carbocycles. The van der Waals surface area contributed by atoms with E-state index in [2.05, 4.69) is 17.2 Å². The summed E-state index contributed by atoms with van der Waals surface area (Å²) in [6.45, 7) is 3.42.